The van der Waals surface area contributed by atoms with Gasteiger partial charge < -0.3 is 9.64 Å². The van der Waals surface area contributed by atoms with Gasteiger partial charge in [-0.25, -0.2) is 4.98 Å². The Bertz CT molecular complexity index is 461. The van der Waals surface area contributed by atoms with Gasteiger partial charge in [-0.1, -0.05) is 0 Å². The Hall–Kier alpha value is -0.590. The van der Waals surface area contributed by atoms with Crippen molar-refractivity contribution < 1.29 is 9.53 Å². The molecule has 6 heteroatoms. The normalized spacial score (nSPS) is 26.1. The van der Waals surface area contributed by atoms with E-state index in [1.807, 2.05) is 11.6 Å². The molecule has 3 rings (SSSR count). The number of aromatic nitrogens is 1. The molecule has 22 heavy (non-hydrogen) atoms. The van der Waals surface area contributed by atoms with E-state index in [0.717, 1.165) is 43.2 Å². The molecular formula is C16H24N2O2S2. The minimum Gasteiger partial charge on any atom is -0.377 e. The van der Waals surface area contributed by atoms with E-state index in [1.165, 1.54) is 19.3 Å². The van der Waals surface area contributed by atoms with Crippen LogP contribution in [0.4, 0.5) is 0 Å². The number of nitrogens with zero attached hydrogens (tertiary/aromatic N) is 2. The van der Waals surface area contributed by atoms with Gasteiger partial charge >= 0.3 is 0 Å². The molecular weight excluding hydrogens is 316 g/mol. The van der Waals surface area contributed by atoms with Crippen molar-refractivity contribution in [3.8, 4) is 0 Å². The number of thiazole rings is 1. The molecule has 2 aliphatic heterocycles. The molecule has 1 aromatic rings. The molecule has 0 N–H and O–H groups in total. The first kappa shape index (κ1) is 16.3. The van der Waals surface area contributed by atoms with Gasteiger partial charge in [-0.05, 0) is 38.5 Å². The van der Waals surface area contributed by atoms with Gasteiger partial charge in [-0.3, -0.25) is 4.79 Å². The third-order valence-electron chi connectivity index (χ3n) is 4.36. The SMILES string of the molecule is O=C(CSCC1CCCCO1)N1CCCCC1c1nccs1. The lowest BCUT2D eigenvalue weighted by Gasteiger charge is -2.34. The second-order valence-electron chi connectivity index (χ2n) is 5.97. The lowest BCUT2D eigenvalue weighted by Crippen LogP contribution is -2.39. The van der Waals surface area contributed by atoms with Crippen LogP contribution in [0.1, 0.15) is 49.6 Å². The van der Waals surface area contributed by atoms with Crippen molar-refractivity contribution >= 4 is 29.0 Å². The first-order chi connectivity index (χ1) is 10.8. The number of carbonyl (C=O) groups is 1. The lowest BCUT2D eigenvalue weighted by molar-refractivity contribution is -0.132. The third-order valence-corrected chi connectivity index (χ3v) is 6.30. The number of rotatable bonds is 5. The zero-order valence-corrected chi connectivity index (χ0v) is 14.5. The number of amides is 1. The highest BCUT2D eigenvalue weighted by atomic mass is 32.2. The summed E-state index contributed by atoms with van der Waals surface area (Å²) in [6.45, 7) is 1.76. The number of hydrogen-bond acceptors (Lipinski definition) is 5. The summed E-state index contributed by atoms with van der Waals surface area (Å²) < 4.78 is 5.73. The molecule has 0 aromatic carbocycles. The topological polar surface area (TPSA) is 42.4 Å². The number of ether oxygens (including phenoxy) is 1. The number of likely N-dealkylation sites (tertiary alicyclic amines) is 1. The summed E-state index contributed by atoms with van der Waals surface area (Å²) >= 11 is 3.39. The van der Waals surface area contributed by atoms with Crippen molar-refractivity contribution in [3.05, 3.63) is 16.6 Å². The second-order valence-corrected chi connectivity index (χ2v) is 7.93. The summed E-state index contributed by atoms with van der Waals surface area (Å²) in [6.07, 6.45) is 9.14. The standard InChI is InChI=1S/C16H24N2O2S2/c19-15(12-21-11-13-5-2-4-9-20-13)18-8-3-1-6-14(18)16-17-7-10-22-16/h7,10,13-14H,1-6,8-9,11-12H2. The molecule has 2 atom stereocenters. The molecule has 0 saturated carbocycles. The van der Waals surface area contributed by atoms with E-state index in [9.17, 15) is 4.79 Å². The van der Waals surface area contributed by atoms with Crippen molar-refractivity contribution in [1.82, 2.24) is 9.88 Å². The van der Waals surface area contributed by atoms with Crippen LogP contribution in [0.5, 0.6) is 0 Å². The maximum atomic E-state index is 12.6. The Morgan fingerprint density at radius 2 is 2.27 bits per heavy atom. The average molecular weight is 341 g/mol. The zero-order valence-electron chi connectivity index (χ0n) is 12.9. The molecule has 2 unspecified atom stereocenters. The first-order valence-corrected chi connectivity index (χ1v) is 10.3. The van der Waals surface area contributed by atoms with Crippen molar-refractivity contribution in [2.24, 2.45) is 0 Å². The summed E-state index contributed by atoms with van der Waals surface area (Å²) in [4.78, 5) is 19.1. The molecule has 1 amide bonds. The van der Waals surface area contributed by atoms with Gasteiger partial charge in [0, 0.05) is 30.5 Å². The maximum absolute atomic E-state index is 12.6. The number of thioether (sulfide) groups is 1. The van der Waals surface area contributed by atoms with E-state index < -0.39 is 0 Å². The van der Waals surface area contributed by atoms with Gasteiger partial charge in [-0.15, -0.1) is 23.1 Å². The Morgan fingerprint density at radius 3 is 3.05 bits per heavy atom. The van der Waals surface area contributed by atoms with Gasteiger partial charge in [0.2, 0.25) is 5.91 Å². The van der Waals surface area contributed by atoms with E-state index in [-0.39, 0.29) is 11.9 Å². The predicted octanol–water partition coefficient (Wildman–Crippen LogP) is 3.50. The highest BCUT2D eigenvalue weighted by molar-refractivity contribution is 7.99. The Morgan fingerprint density at radius 1 is 1.36 bits per heavy atom. The van der Waals surface area contributed by atoms with Crippen LogP contribution < -0.4 is 0 Å². The molecule has 0 aliphatic carbocycles. The summed E-state index contributed by atoms with van der Waals surface area (Å²) in [5.41, 5.74) is 0. The predicted molar refractivity (Wildman–Crippen MR) is 91.3 cm³/mol. The van der Waals surface area contributed by atoms with Gasteiger partial charge in [0.25, 0.3) is 0 Å². The van der Waals surface area contributed by atoms with Crippen LogP contribution in [0.3, 0.4) is 0 Å². The fraction of sp³-hybridized carbons (Fsp3) is 0.750. The molecule has 0 radical (unpaired) electrons. The quantitative estimate of drug-likeness (QED) is 0.823. The first-order valence-electron chi connectivity index (χ1n) is 8.23. The Balaban J connectivity index is 1.49. The van der Waals surface area contributed by atoms with E-state index in [4.69, 9.17) is 4.74 Å². The molecule has 0 bridgehead atoms. The molecule has 122 valence electrons. The maximum Gasteiger partial charge on any atom is 0.233 e. The van der Waals surface area contributed by atoms with Crippen LogP contribution in [-0.4, -0.2) is 46.6 Å². The van der Waals surface area contributed by atoms with E-state index in [2.05, 4.69) is 9.88 Å². The summed E-state index contributed by atoms with van der Waals surface area (Å²) in [6, 6.07) is 0.202. The Kier molecular flexibility index (Phi) is 6.15. The smallest absolute Gasteiger partial charge is 0.233 e. The fourth-order valence-electron chi connectivity index (χ4n) is 3.19. The number of hydrogen-bond donors (Lipinski definition) is 0. The lowest BCUT2D eigenvalue weighted by atomic mass is 10.0. The van der Waals surface area contributed by atoms with Gasteiger partial charge in [-0.2, -0.15) is 0 Å². The van der Waals surface area contributed by atoms with Crippen LogP contribution in [0.15, 0.2) is 11.6 Å². The largest absolute Gasteiger partial charge is 0.377 e. The average Bonchev–Trinajstić information content (AvgIpc) is 3.10. The number of carbonyl (C=O) groups excluding carboxylic acids is 1. The molecule has 3 heterocycles. The molecule has 4 nitrogen and oxygen atoms in total. The van der Waals surface area contributed by atoms with Crippen LogP contribution in [0.25, 0.3) is 0 Å². The van der Waals surface area contributed by atoms with Crippen LogP contribution in [0.2, 0.25) is 0 Å². The minimum absolute atomic E-state index is 0.202. The Labute approximate surface area is 140 Å². The molecule has 2 fully saturated rings. The van der Waals surface area contributed by atoms with Crippen molar-refractivity contribution in [3.63, 3.8) is 0 Å². The summed E-state index contributed by atoms with van der Waals surface area (Å²) in [5.74, 6) is 1.78. The monoisotopic (exact) mass is 340 g/mol. The molecule has 0 spiro atoms. The highest BCUT2D eigenvalue weighted by Gasteiger charge is 2.29. The number of piperidine rings is 1. The van der Waals surface area contributed by atoms with Gasteiger partial charge in [0.05, 0.1) is 17.9 Å². The molecule has 2 saturated heterocycles. The van der Waals surface area contributed by atoms with Crippen molar-refractivity contribution in [2.45, 2.75) is 50.7 Å². The van der Waals surface area contributed by atoms with Gasteiger partial charge in [0.15, 0.2) is 0 Å². The highest BCUT2D eigenvalue weighted by Crippen LogP contribution is 2.32. The molecule has 1 aromatic heterocycles. The van der Waals surface area contributed by atoms with Crippen LogP contribution >= 0.6 is 23.1 Å². The minimum atomic E-state index is 0.202. The van der Waals surface area contributed by atoms with Gasteiger partial charge in [0.1, 0.15) is 5.01 Å². The van der Waals surface area contributed by atoms with Crippen LogP contribution in [-0.2, 0) is 9.53 Å². The van der Waals surface area contributed by atoms with Crippen molar-refractivity contribution in [2.75, 3.05) is 24.7 Å². The van der Waals surface area contributed by atoms with Crippen LogP contribution in [0, 0.1) is 0 Å². The van der Waals surface area contributed by atoms with E-state index >= 15 is 0 Å². The summed E-state index contributed by atoms with van der Waals surface area (Å²) in [5, 5.41) is 3.09. The fourth-order valence-corrected chi connectivity index (χ4v) is 4.95. The molecule has 2 aliphatic rings. The van der Waals surface area contributed by atoms with Crippen molar-refractivity contribution in [1.29, 1.82) is 0 Å². The van der Waals surface area contributed by atoms with E-state index in [1.54, 1.807) is 23.1 Å². The third kappa shape index (κ3) is 4.24. The van der Waals surface area contributed by atoms with E-state index in [0.29, 0.717) is 11.9 Å². The summed E-state index contributed by atoms with van der Waals surface area (Å²) in [7, 11) is 0. The second kappa shape index (κ2) is 8.31. The zero-order chi connectivity index (χ0) is 15.2.